The lowest BCUT2D eigenvalue weighted by Crippen LogP contribution is -2.45. The van der Waals surface area contributed by atoms with Crippen molar-refractivity contribution in [3.63, 3.8) is 0 Å². The standard InChI is InChI=1S/C11H18N2OS/c1-3-9-7-15-10(13-9)12-8-11(14-2)5-4-6-11/h7H,3-6,8H2,1-2H3,(H,12,13). The zero-order valence-corrected chi connectivity index (χ0v) is 10.2. The minimum atomic E-state index is 0.0814. The maximum absolute atomic E-state index is 5.54. The summed E-state index contributed by atoms with van der Waals surface area (Å²) in [5.74, 6) is 0. The molecule has 1 aliphatic rings. The van der Waals surface area contributed by atoms with E-state index in [2.05, 4.69) is 22.6 Å². The van der Waals surface area contributed by atoms with Crippen LogP contribution in [-0.2, 0) is 11.2 Å². The fourth-order valence-corrected chi connectivity index (χ4v) is 2.60. The second-order valence-electron chi connectivity index (χ2n) is 4.09. The Hall–Kier alpha value is -0.610. The number of aromatic nitrogens is 1. The molecule has 1 aromatic heterocycles. The Labute approximate surface area is 94.9 Å². The number of hydrogen-bond acceptors (Lipinski definition) is 4. The maximum Gasteiger partial charge on any atom is 0.182 e. The first-order valence-electron chi connectivity index (χ1n) is 5.51. The number of nitrogens with zero attached hydrogens (tertiary/aromatic N) is 1. The number of methoxy groups -OCH3 is 1. The number of hydrogen-bond donors (Lipinski definition) is 1. The molecule has 0 amide bonds. The van der Waals surface area contributed by atoms with Gasteiger partial charge in [-0.05, 0) is 25.7 Å². The average molecular weight is 226 g/mol. The Morgan fingerprint density at radius 2 is 2.40 bits per heavy atom. The van der Waals surface area contributed by atoms with Gasteiger partial charge in [-0.1, -0.05) is 6.92 Å². The quantitative estimate of drug-likeness (QED) is 0.838. The van der Waals surface area contributed by atoms with Crippen LogP contribution in [0, 0.1) is 0 Å². The van der Waals surface area contributed by atoms with Crippen molar-refractivity contribution >= 4 is 16.5 Å². The van der Waals surface area contributed by atoms with Crippen LogP contribution in [0.25, 0.3) is 0 Å². The molecule has 3 nitrogen and oxygen atoms in total. The van der Waals surface area contributed by atoms with Crippen molar-refractivity contribution in [3.05, 3.63) is 11.1 Å². The Bertz CT molecular complexity index is 315. The first-order chi connectivity index (χ1) is 7.28. The van der Waals surface area contributed by atoms with E-state index in [1.807, 2.05) is 0 Å². The third-order valence-electron chi connectivity index (χ3n) is 3.17. The SMILES string of the molecule is CCc1csc(NCC2(OC)CCC2)n1. The van der Waals surface area contributed by atoms with Gasteiger partial charge in [0.1, 0.15) is 0 Å². The molecule has 0 aliphatic heterocycles. The minimum absolute atomic E-state index is 0.0814. The summed E-state index contributed by atoms with van der Waals surface area (Å²) in [4.78, 5) is 4.48. The molecule has 1 aliphatic carbocycles. The topological polar surface area (TPSA) is 34.1 Å². The van der Waals surface area contributed by atoms with Crippen LogP contribution in [0.4, 0.5) is 5.13 Å². The molecule has 0 atom stereocenters. The summed E-state index contributed by atoms with van der Waals surface area (Å²) in [6.45, 7) is 3.02. The van der Waals surface area contributed by atoms with E-state index in [-0.39, 0.29) is 5.60 Å². The smallest absolute Gasteiger partial charge is 0.182 e. The summed E-state index contributed by atoms with van der Waals surface area (Å²) in [5, 5.41) is 6.51. The Kier molecular flexibility index (Phi) is 3.26. The molecular formula is C11H18N2OS. The zero-order valence-electron chi connectivity index (χ0n) is 9.38. The van der Waals surface area contributed by atoms with E-state index in [0.717, 1.165) is 18.1 Å². The van der Waals surface area contributed by atoms with Crippen molar-refractivity contribution in [2.75, 3.05) is 19.0 Å². The van der Waals surface area contributed by atoms with Gasteiger partial charge in [-0.3, -0.25) is 0 Å². The van der Waals surface area contributed by atoms with Crippen molar-refractivity contribution in [1.29, 1.82) is 0 Å². The van der Waals surface area contributed by atoms with Crippen LogP contribution < -0.4 is 5.32 Å². The normalized spacial score (nSPS) is 18.5. The first kappa shape index (κ1) is 10.9. The monoisotopic (exact) mass is 226 g/mol. The van der Waals surface area contributed by atoms with Crippen LogP contribution in [0.2, 0.25) is 0 Å². The van der Waals surface area contributed by atoms with Crippen molar-refractivity contribution in [2.45, 2.75) is 38.2 Å². The lowest BCUT2D eigenvalue weighted by molar-refractivity contribution is -0.0601. The van der Waals surface area contributed by atoms with Crippen molar-refractivity contribution in [2.24, 2.45) is 0 Å². The van der Waals surface area contributed by atoms with E-state index in [1.165, 1.54) is 25.0 Å². The van der Waals surface area contributed by atoms with Gasteiger partial charge < -0.3 is 10.1 Å². The molecule has 84 valence electrons. The third kappa shape index (κ3) is 2.32. The number of thiazole rings is 1. The van der Waals surface area contributed by atoms with Crippen molar-refractivity contribution in [3.8, 4) is 0 Å². The van der Waals surface area contributed by atoms with Crippen LogP contribution in [0.15, 0.2) is 5.38 Å². The Morgan fingerprint density at radius 1 is 1.60 bits per heavy atom. The molecule has 15 heavy (non-hydrogen) atoms. The number of ether oxygens (including phenoxy) is 1. The second-order valence-corrected chi connectivity index (χ2v) is 4.95. The number of rotatable bonds is 5. The van der Waals surface area contributed by atoms with Gasteiger partial charge in [0.15, 0.2) is 5.13 Å². The predicted octanol–water partition coefficient (Wildman–Crippen LogP) is 2.69. The molecule has 0 radical (unpaired) electrons. The molecule has 4 heteroatoms. The van der Waals surface area contributed by atoms with E-state index in [0.29, 0.717) is 0 Å². The highest BCUT2D eigenvalue weighted by Crippen LogP contribution is 2.35. The van der Waals surface area contributed by atoms with Gasteiger partial charge in [-0.2, -0.15) is 0 Å². The highest BCUT2D eigenvalue weighted by atomic mass is 32.1. The molecule has 1 N–H and O–H groups in total. The van der Waals surface area contributed by atoms with Gasteiger partial charge in [0.05, 0.1) is 11.3 Å². The van der Waals surface area contributed by atoms with Gasteiger partial charge in [-0.25, -0.2) is 4.98 Å². The molecule has 0 aromatic carbocycles. The minimum Gasteiger partial charge on any atom is -0.376 e. The molecule has 1 saturated carbocycles. The molecule has 2 rings (SSSR count). The maximum atomic E-state index is 5.54. The van der Waals surface area contributed by atoms with Crippen LogP contribution in [0.5, 0.6) is 0 Å². The Balaban J connectivity index is 1.86. The Morgan fingerprint density at radius 3 is 2.87 bits per heavy atom. The lowest BCUT2D eigenvalue weighted by atomic mass is 9.80. The van der Waals surface area contributed by atoms with Gasteiger partial charge in [0, 0.05) is 19.0 Å². The van der Waals surface area contributed by atoms with Crippen molar-refractivity contribution in [1.82, 2.24) is 4.98 Å². The van der Waals surface area contributed by atoms with Crippen LogP contribution >= 0.6 is 11.3 Å². The highest BCUT2D eigenvalue weighted by Gasteiger charge is 2.36. The van der Waals surface area contributed by atoms with E-state index in [1.54, 1.807) is 18.4 Å². The summed E-state index contributed by atoms with van der Waals surface area (Å²) in [5.41, 5.74) is 1.25. The van der Waals surface area contributed by atoms with Gasteiger partial charge in [-0.15, -0.1) is 11.3 Å². The van der Waals surface area contributed by atoms with Gasteiger partial charge in [0.25, 0.3) is 0 Å². The number of anilines is 1. The fraction of sp³-hybridized carbons (Fsp3) is 0.727. The van der Waals surface area contributed by atoms with Crippen LogP contribution in [0.3, 0.4) is 0 Å². The largest absolute Gasteiger partial charge is 0.376 e. The summed E-state index contributed by atoms with van der Waals surface area (Å²) in [6, 6.07) is 0. The first-order valence-corrected chi connectivity index (χ1v) is 6.39. The molecule has 0 bridgehead atoms. The third-order valence-corrected chi connectivity index (χ3v) is 4.02. The molecule has 1 heterocycles. The summed E-state index contributed by atoms with van der Waals surface area (Å²) in [7, 11) is 1.81. The number of nitrogens with one attached hydrogen (secondary N) is 1. The predicted molar refractivity (Wildman–Crippen MR) is 63.6 cm³/mol. The van der Waals surface area contributed by atoms with Crippen molar-refractivity contribution < 1.29 is 4.74 Å². The summed E-state index contributed by atoms with van der Waals surface area (Å²) < 4.78 is 5.54. The zero-order chi connectivity index (χ0) is 10.7. The summed E-state index contributed by atoms with van der Waals surface area (Å²) >= 11 is 1.68. The fourth-order valence-electron chi connectivity index (χ4n) is 1.81. The molecular weight excluding hydrogens is 208 g/mol. The number of aryl methyl sites for hydroxylation is 1. The highest BCUT2D eigenvalue weighted by molar-refractivity contribution is 7.13. The molecule has 0 unspecified atom stereocenters. The molecule has 1 aromatic rings. The molecule has 0 spiro atoms. The van der Waals surface area contributed by atoms with Gasteiger partial charge in [0.2, 0.25) is 0 Å². The average Bonchev–Trinajstić information content (AvgIpc) is 2.65. The second kappa shape index (κ2) is 4.49. The summed E-state index contributed by atoms with van der Waals surface area (Å²) in [6.07, 6.45) is 4.63. The van der Waals surface area contributed by atoms with E-state index in [4.69, 9.17) is 4.74 Å². The molecule has 0 saturated heterocycles. The van der Waals surface area contributed by atoms with E-state index in [9.17, 15) is 0 Å². The lowest BCUT2D eigenvalue weighted by Gasteiger charge is -2.40. The van der Waals surface area contributed by atoms with Gasteiger partial charge >= 0.3 is 0 Å². The molecule has 1 fully saturated rings. The van der Waals surface area contributed by atoms with Crippen LogP contribution in [0.1, 0.15) is 31.9 Å². The van der Waals surface area contributed by atoms with E-state index >= 15 is 0 Å². The van der Waals surface area contributed by atoms with E-state index < -0.39 is 0 Å². The van der Waals surface area contributed by atoms with Crippen LogP contribution in [-0.4, -0.2) is 24.2 Å².